The summed E-state index contributed by atoms with van der Waals surface area (Å²) in [5, 5.41) is 4.45. The van der Waals surface area contributed by atoms with Crippen LogP contribution < -0.4 is 5.32 Å². The molecule has 4 rings (SSSR count). The lowest BCUT2D eigenvalue weighted by atomic mass is 10.1. The number of benzene rings is 1. The van der Waals surface area contributed by atoms with Gasteiger partial charge in [0.25, 0.3) is 0 Å². The third kappa shape index (κ3) is 2.85. The lowest BCUT2D eigenvalue weighted by Crippen LogP contribution is -2.21. The number of fused-ring (bicyclic) bond motifs is 1. The van der Waals surface area contributed by atoms with Crippen molar-refractivity contribution in [2.24, 2.45) is 0 Å². The van der Waals surface area contributed by atoms with Gasteiger partial charge in [-0.05, 0) is 56.5 Å². The molecule has 1 aromatic carbocycles. The van der Waals surface area contributed by atoms with Crippen LogP contribution in [0.3, 0.4) is 0 Å². The van der Waals surface area contributed by atoms with Gasteiger partial charge >= 0.3 is 0 Å². The van der Waals surface area contributed by atoms with E-state index >= 15 is 0 Å². The van der Waals surface area contributed by atoms with Crippen LogP contribution >= 0.6 is 11.3 Å². The van der Waals surface area contributed by atoms with E-state index < -0.39 is 0 Å². The number of hydrogen-bond acceptors (Lipinski definition) is 3. The van der Waals surface area contributed by atoms with Gasteiger partial charge in [-0.25, -0.2) is 4.39 Å². The normalized spacial score (nSPS) is 19.7. The number of hydrogen-bond donors (Lipinski definition) is 1. The van der Waals surface area contributed by atoms with E-state index in [4.69, 9.17) is 0 Å². The second kappa shape index (κ2) is 5.67. The lowest BCUT2D eigenvalue weighted by molar-refractivity contribution is 0.331. The minimum atomic E-state index is -0.0596. The molecule has 1 saturated carbocycles. The first-order valence-electron chi connectivity index (χ1n) is 7.96. The molecule has 1 saturated heterocycles. The molecular weight excluding hydrogens is 283 g/mol. The Morgan fingerprint density at radius 1 is 1.24 bits per heavy atom. The van der Waals surface area contributed by atoms with Gasteiger partial charge in [0.15, 0.2) is 0 Å². The molecule has 4 heteroatoms. The highest BCUT2D eigenvalue weighted by atomic mass is 32.1. The monoisotopic (exact) mass is 304 g/mol. The molecule has 0 bridgehead atoms. The van der Waals surface area contributed by atoms with Gasteiger partial charge in [0, 0.05) is 34.1 Å². The summed E-state index contributed by atoms with van der Waals surface area (Å²) >= 11 is 1.76. The van der Waals surface area contributed by atoms with Gasteiger partial charge in [0.1, 0.15) is 5.82 Å². The summed E-state index contributed by atoms with van der Waals surface area (Å²) < 4.78 is 15.4. The van der Waals surface area contributed by atoms with E-state index in [-0.39, 0.29) is 5.82 Å². The van der Waals surface area contributed by atoms with Crippen molar-refractivity contribution in [3.8, 4) is 0 Å². The SMILES string of the molecule is Fc1cccc2sc(CNC3CC3)c(CN3CCCC3)c12. The van der Waals surface area contributed by atoms with Crippen LogP contribution in [0.5, 0.6) is 0 Å². The number of rotatable bonds is 5. The van der Waals surface area contributed by atoms with Crippen molar-refractivity contribution in [2.45, 2.75) is 44.8 Å². The zero-order chi connectivity index (χ0) is 14.2. The van der Waals surface area contributed by atoms with Crippen LogP contribution in [-0.2, 0) is 13.1 Å². The van der Waals surface area contributed by atoms with Crippen LogP contribution in [0.15, 0.2) is 18.2 Å². The molecule has 0 unspecified atom stereocenters. The molecule has 1 N–H and O–H groups in total. The smallest absolute Gasteiger partial charge is 0.132 e. The molecule has 2 aromatic rings. The Hall–Kier alpha value is -0.970. The zero-order valence-corrected chi connectivity index (χ0v) is 13.0. The van der Waals surface area contributed by atoms with E-state index in [2.05, 4.69) is 16.3 Å². The summed E-state index contributed by atoms with van der Waals surface area (Å²) in [7, 11) is 0. The van der Waals surface area contributed by atoms with Crippen molar-refractivity contribution in [1.82, 2.24) is 10.2 Å². The van der Waals surface area contributed by atoms with Crippen molar-refractivity contribution < 1.29 is 4.39 Å². The summed E-state index contributed by atoms with van der Waals surface area (Å²) in [4.78, 5) is 3.79. The molecule has 0 radical (unpaired) electrons. The molecule has 2 fully saturated rings. The molecule has 21 heavy (non-hydrogen) atoms. The van der Waals surface area contributed by atoms with E-state index in [1.807, 2.05) is 6.07 Å². The Kier molecular flexibility index (Phi) is 3.69. The quantitative estimate of drug-likeness (QED) is 0.901. The average Bonchev–Trinajstić information content (AvgIpc) is 3.03. The van der Waals surface area contributed by atoms with Gasteiger partial charge in [-0.15, -0.1) is 11.3 Å². The van der Waals surface area contributed by atoms with Crippen LogP contribution in [0.25, 0.3) is 10.1 Å². The van der Waals surface area contributed by atoms with Gasteiger partial charge in [-0.3, -0.25) is 4.90 Å². The molecule has 0 amide bonds. The molecule has 0 atom stereocenters. The Labute approximate surface area is 129 Å². The number of likely N-dealkylation sites (tertiary alicyclic amines) is 1. The first-order chi connectivity index (χ1) is 10.3. The lowest BCUT2D eigenvalue weighted by Gasteiger charge is -2.16. The highest BCUT2D eigenvalue weighted by Gasteiger charge is 2.23. The highest BCUT2D eigenvalue weighted by Crippen LogP contribution is 2.35. The maximum atomic E-state index is 14.3. The minimum Gasteiger partial charge on any atom is -0.309 e. The second-order valence-corrected chi connectivity index (χ2v) is 7.39. The fourth-order valence-corrected chi connectivity index (χ4v) is 4.40. The minimum absolute atomic E-state index is 0.0596. The molecule has 2 aliphatic rings. The van der Waals surface area contributed by atoms with Gasteiger partial charge < -0.3 is 5.32 Å². The van der Waals surface area contributed by atoms with E-state index in [9.17, 15) is 4.39 Å². The molecular formula is C17H21FN2S. The number of halogens is 1. The average molecular weight is 304 g/mol. The number of nitrogens with one attached hydrogen (secondary N) is 1. The van der Waals surface area contributed by atoms with Gasteiger partial charge in [-0.1, -0.05) is 6.07 Å². The first kappa shape index (κ1) is 13.7. The molecule has 2 heterocycles. The van der Waals surface area contributed by atoms with Crippen molar-refractivity contribution in [1.29, 1.82) is 0 Å². The van der Waals surface area contributed by atoms with Crippen LogP contribution in [0.4, 0.5) is 4.39 Å². The largest absolute Gasteiger partial charge is 0.309 e. The van der Waals surface area contributed by atoms with Gasteiger partial charge in [0.2, 0.25) is 0 Å². The van der Waals surface area contributed by atoms with Crippen LogP contribution in [0, 0.1) is 5.82 Å². The van der Waals surface area contributed by atoms with Crippen molar-refractivity contribution >= 4 is 21.4 Å². The third-order valence-corrected chi connectivity index (χ3v) is 5.75. The fraction of sp³-hybridized carbons (Fsp3) is 0.529. The molecule has 2 nitrogen and oxygen atoms in total. The predicted octanol–water partition coefficient (Wildman–Crippen LogP) is 3.89. The standard InChI is InChI=1S/C17H21FN2S/c18-14-4-3-5-15-17(14)13(11-20-8-1-2-9-20)16(21-15)10-19-12-6-7-12/h3-5,12,19H,1-2,6-11H2. The van der Waals surface area contributed by atoms with Gasteiger partial charge in [-0.2, -0.15) is 0 Å². The Balaban J connectivity index is 1.68. The summed E-state index contributed by atoms with van der Waals surface area (Å²) in [6, 6.07) is 6.17. The maximum Gasteiger partial charge on any atom is 0.132 e. The number of nitrogens with zero attached hydrogens (tertiary/aromatic N) is 1. The van der Waals surface area contributed by atoms with Gasteiger partial charge in [0.05, 0.1) is 0 Å². The molecule has 1 aliphatic heterocycles. The fourth-order valence-electron chi connectivity index (χ4n) is 3.21. The van der Waals surface area contributed by atoms with Crippen LogP contribution in [-0.4, -0.2) is 24.0 Å². The summed E-state index contributed by atoms with van der Waals surface area (Å²) in [5.74, 6) is -0.0596. The summed E-state index contributed by atoms with van der Waals surface area (Å²) in [5.41, 5.74) is 1.23. The predicted molar refractivity (Wildman–Crippen MR) is 86.2 cm³/mol. The van der Waals surface area contributed by atoms with E-state index in [0.717, 1.165) is 36.3 Å². The topological polar surface area (TPSA) is 15.3 Å². The molecule has 1 aromatic heterocycles. The Morgan fingerprint density at radius 2 is 2.05 bits per heavy atom. The third-order valence-electron chi connectivity index (χ3n) is 4.56. The Bertz CT molecular complexity index is 642. The van der Waals surface area contributed by atoms with Crippen molar-refractivity contribution in [2.75, 3.05) is 13.1 Å². The summed E-state index contributed by atoms with van der Waals surface area (Å²) in [6.45, 7) is 4.11. The van der Waals surface area contributed by atoms with E-state index in [1.54, 1.807) is 17.4 Å². The van der Waals surface area contributed by atoms with E-state index in [1.165, 1.54) is 36.1 Å². The van der Waals surface area contributed by atoms with Crippen molar-refractivity contribution in [3.63, 3.8) is 0 Å². The number of thiophene rings is 1. The molecule has 1 aliphatic carbocycles. The van der Waals surface area contributed by atoms with Crippen LogP contribution in [0.1, 0.15) is 36.1 Å². The summed E-state index contributed by atoms with van der Waals surface area (Å²) in [6.07, 6.45) is 5.14. The van der Waals surface area contributed by atoms with Crippen molar-refractivity contribution in [3.05, 3.63) is 34.5 Å². The van der Waals surface area contributed by atoms with Crippen LogP contribution in [0.2, 0.25) is 0 Å². The Morgan fingerprint density at radius 3 is 2.81 bits per heavy atom. The maximum absolute atomic E-state index is 14.3. The highest BCUT2D eigenvalue weighted by molar-refractivity contribution is 7.19. The first-order valence-corrected chi connectivity index (χ1v) is 8.77. The zero-order valence-electron chi connectivity index (χ0n) is 12.2. The second-order valence-electron chi connectivity index (χ2n) is 6.26. The van der Waals surface area contributed by atoms with E-state index in [0.29, 0.717) is 6.04 Å². The molecule has 0 spiro atoms. The molecule has 112 valence electrons.